The molecule has 0 radical (unpaired) electrons. The Morgan fingerprint density at radius 1 is 0.700 bits per heavy atom. The number of hydrogen-bond donors (Lipinski definition) is 0. The van der Waals surface area contributed by atoms with Crippen LogP contribution in [-0.2, 0) is 20.0 Å². The Labute approximate surface area is 186 Å². The number of rotatable bonds is 6. The first-order valence-electron chi connectivity index (χ1n) is 8.78. The van der Waals surface area contributed by atoms with Gasteiger partial charge >= 0.3 is 0 Å². The number of nitrogens with zero attached hydrogens (tertiary/aromatic N) is 2. The van der Waals surface area contributed by atoms with Gasteiger partial charge in [-0.1, -0.05) is 23.2 Å². The summed E-state index contributed by atoms with van der Waals surface area (Å²) in [7, 11) is -4.86. The first kappa shape index (κ1) is 23.1. The molecular formula is C18H20Cl2N2O6S2. The summed E-state index contributed by atoms with van der Waals surface area (Å²) in [6.45, 7) is 0.0446. The molecule has 2 aromatic rings. The Kier molecular flexibility index (Phi) is 6.85. The predicted octanol–water partition coefficient (Wildman–Crippen LogP) is 2.71. The van der Waals surface area contributed by atoms with Gasteiger partial charge in [-0.25, -0.2) is 16.8 Å². The molecule has 0 unspecified atom stereocenters. The van der Waals surface area contributed by atoms with Crippen molar-refractivity contribution in [2.75, 3.05) is 40.4 Å². The monoisotopic (exact) mass is 494 g/mol. The third-order valence-corrected chi connectivity index (χ3v) is 9.13. The summed E-state index contributed by atoms with van der Waals surface area (Å²) >= 11 is 11.9. The molecule has 164 valence electrons. The van der Waals surface area contributed by atoms with Gasteiger partial charge in [0, 0.05) is 38.3 Å². The zero-order chi connectivity index (χ0) is 22.1. The van der Waals surface area contributed by atoms with E-state index in [0.29, 0.717) is 10.0 Å². The lowest BCUT2D eigenvalue weighted by Gasteiger charge is -2.33. The summed E-state index contributed by atoms with van der Waals surface area (Å²) in [5.41, 5.74) is 0. The van der Waals surface area contributed by atoms with Crippen molar-refractivity contribution in [1.29, 1.82) is 0 Å². The van der Waals surface area contributed by atoms with E-state index in [4.69, 9.17) is 32.7 Å². The average molecular weight is 495 g/mol. The lowest BCUT2D eigenvalue weighted by Crippen LogP contribution is -2.50. The third kappa shape index (κ3) is 4.39. The Bertz CT molecular complexity index is 1060. The van der Waals surface area contributed by atoms with Crippen LogP contribution in [0.1, 0.15) is 0 Å². The Balaban J connectivity index is 1.78. The highest BCUT2D eigenvalue weighted by molar-refractivity contribution is 7.89. The molecule has 8 nitrogen and oxygen atoms in total. The van der Waals surface area contributed by atoms with E-state index in [-0.39, 0.29) is 47.5 Å². The molecule has 1 saturated heterocycles. The number of piperazine rings is 1. The van der Waals surface area contributed by atoms with Gasteiger partial charge in [0.25, 0.3) is 0 Å². The van der Waals surface area contributed by atoms with Crippen LogP contribution in [0.3, 0.4) is 0 Å². The molecule has 2 aromatic carbocycles. The second-order valence-electron chi connectivity index (χ2n) is 6.40. The Morgan fingerprint density at radius 2 is 1.03 bits per heavy atom. The lowest BCUT2D eigenvalue weighted by atomic mass is 10.3. The maximum atomic E-state index is 12.9. The van der Waals surface area contributed by atoms with E-state index in [1.807, 2.05) is 0 Å². The van der Waals surface area contributed by atoms with Crippen LogP contribution < -0.4 is 9.47 Å². The minimum absolute atomic E-state index is 0.0111. The molecule has 1 fully saturated rings. The number of halogens is 2. The van der Waals surface area contributed by atoms with Crippen molar-refractivity contribution < 1.29 is 26.3 Å². The van der Waals surface area contributed by atoms with Gasteiger partial charge in [-0.05, 0) is 24.3 Å². The summed E-state index contributed by atoms with van der Waals surface area (Å²) in [5.74, 6) is 0.492. The van der Waals surface area contributed by atoms with Crippen molar-refractivity contribution in [3.05, 3.63) is 46.4 Å². The molecule has 0 saturated carbocycles. The lowest BCUT2D eigenvalue weighted by molar-refractivity contribution is 0.272. The Hall–Kier alpha value is -1.56. The zero-order valence-corrected chi connectivity index (χ0v) is 19.4. The maximum absolute atomic E-state index is 12.9. The maximum Gasteiger partial charge on any atom is 0.243 e. The molecule has 0 spiro atoms. The van der Waals surface area contributed by atoms with E-state index in [9.17, 15) is 16.8 Å². The fourth-order valence-electron chi connectivity index (χ4n) is 3.05. The van der Waals surface area contributed by atoms with Gasteiger partial charge in [0.2, 0.25) is 20.0 Å². The van der Waals surface area contributed by atoms with Gasteiger partial charge in [0.1, 0.15) is 11.5 Å². The van der Waals surface area contributed by atoms with Gasteiger partial charge in [-0.2, -0.15) is 8.61 Å². The van der Waals surface area contributed by atoms with Gasteiger partial charge in [0.15, 0.2) is 0 Å². The molecule has 30 heavy (non-hydrogen) atoms. The van der Waals surface area contributed by atoms with E-state index in [2.05, 4.69) is 0 Å². The molecule has 0 aromatic heterocycles. The second-order valence-corrected chi connectivity index (χ2v) is 11.1. The van der Waals surface area contributed by atoms with Crippen LogP contribution in [0.5, 0.6) is 11.5 Å². The molecule has 1 aliphatic heterocycles. The standard InChI is InChI=1S/C18H20Cl2N2O6S2/c1-27-17-11-13(3-5-15(17)19)29(23,24)21-7-9-22(10-8-21)30(25,26)14-4-6-16(20)18(12-14)28-2/h3-6,11-12H,7-10H2,1-2H3. The van der Waals surface area contributed by atoms with Crippen LogP contribution >= 0.6 is 23.2 Å². The number of ether oxygens (including phenoxy) is 2. The average Bonchev–Trinajstić information content (AvgIpc) is 2.74. The summed E-state index contributed by atoms with van der Waals surface area (Å²) in [4.78, 5) is 0.0602. The molecule has 0 N–H and O–H groups in total. The van der Waals surface area contributed by atoms with Crippen molar-refractivity contribution in [2.45, 2.75) is 9.79 Å². The van der Waals surface area contributed by atoms with E-state index >= 15 is 0 Å². The van der Waals surface area contributed by atoms with Crippen molar-refractivity contribution in [1.82, 2.24) is 8.61 Å². The zero-order valence-electron chi connectivity index (χ0n) is 16.2. The van der Waals surface area contributed by atoms with Crippen LogP contribution in [0.15, 0.2) is 46.2 Å². The molecule has 0 bridgehead atoms. The van der Waals surface area contributed by atoms with Gasteiger partial charge in [-0.3, -0.25) is 0 Å². The highest BCUT2D eigenvalue weighted by Crippen LogP contribution is 2.31. The minimum Gasteiger partial charge on any atom is -0.495 e. The summed E-state index contributed by atoms with van der Waals surface area (Å²) in [6.07, 6.45) is 0. The smallest absolute Gasteiger partial charge is 0.243 e. The summed E-state index contributed by atoms with van der Waals surface area (Å²) < 4.78 is 64.4. The first-order chi connectivity index (χ1) is 14.1. The van der Waals surface area contributed by atoms with Crippen LogP contribution in [-0.4, -0.2) is 65.8 Å². The number of hydrogen-bond acceptors (Lipinski definition) is 6. The van der Waals surface area contributed by atoms with E-state index in [0.717, 1.165) is 0 Å². The van der Waals surface area contributed by atoms with E-state index in [1.54, 1.807) is 0 Å². The molecule has 1 aliphatic rings. The molecular weight excluding hydrogens is 475 g/mol. The summed E-state index contributed by atoms with van der Waals surface area (Å²) in [6, 6.07) is 8.37. The normalized spacial score (nSPS) is 16.4. The van der Waals surface area contributed by atoms with Gasteiger partial charge < -0.3 is 9.47 Å². The van der Waals surface area contributed by atoms with Crippen LogP contribution in [0.2, 0.25) is 10.0 Å². The van der Waals surface area contributed by atoms with Crippen molar-refractivity contribution in [3.8, 4) is 11.5 Å². The van der Waals surface area contributed by atoms with E-state index in [1.165, 1.54) is 59.2 Å². The second kappa shape index (κ2) is 8.89. The van der Waals surface area contributed by atoms with Crippen molar-refractivity contribution in [3.63, 3.8) is 0 Å². The number of methoxy groups -OCH3 is 2. The molecule has 0 aliphatic carbocycles. The fourth-order valence-corrected chi connectivity index (χ4v) is 6.32. The van der Waals surface area contributed by atoms with Crippen molar-refractivity contribution in [2.24, 2.45) is 0 Å². The minimum atomic E-state index is -3.83. The molecule has 12 heteroatoms. The SMILES string of the molecule is COc1cc(S(=O)(=O)N2CCN(S(=O)(=O)c3ccc(Cl)c(OC)c3)CC2)ccc1Cl. The topological polar surface area (TPSA) is 93.2 Å². The van der Waals surface area contributed by atoms with Gasteiger partial charge in [-0.15, -0.1) is 0 Å². The quantitative estimate of drug-likeness (QED) is 0.612. The van der Waals surface area contributed by atoms with E-state index < -0.39 is 20.0 Å². The largest absolute Gasteiger partial charge is 0.495 e. The highest BCUT2D eigenvalue weighted by atomic mass is 35.5. The summed E-state index contributed by atoms with van der Waals surface area (Å²) in [5, 5.41) is 0.594. The Morgan fingerprint density at radius 3 is 1.33 bits per heavy atom. The fraction of sp³-hybridized carbons (Fsp3) is 0.333. The first-order valence-corrected chi connectivity index (χ1v) is 12.4. The number of sulfonamides is 2. The number of benzene rings is 2. The molecule has 0 amide bonds. The van der Waals surface area contributed by atoms with Crippen LogP contribution in [0, 0.1) is 0 Å². The van der Waals surface area contributed by atoms with Crippen molar-refractivity contribution >= 4 is 43.2 Å². The van der Waals surface area contributed by atoms with Crippen LogP contribution in [0.4, 0.5) is 0 Å². The molecule has 3 rings (SSSR count). The van der Waals surface area contributed by atoms with Gasteiger partial charge in [0.05, 0.1) is 34.1 Å². The predicted molar refractivity (Wildman–Crippen MR) is 114 cm³/mol. The highest BCUT2D eigenvalue weighted by Gasteiger charge is 2.34. The molecule has 1 heterocycles. The molecule has 0 atom stereocenters. The third-order valence-electron chi connectivity index (χ3n) is 4.72. The van der Waals surface area contributed by atoms with Crippen LogP contribution in [0.25, 0.3) is 0 Å².